The van der Waals surface area contributed by atoms with Gasteiger partial charge in [0.1, 0.15) is 0 Å². The Morgan fingerprint density at radius 2 is 1.83 bits per heavy atom. The van der Waals surface area contributed by atoms with Gasteiger partial charge >= 0.3 is 6.18 Å². The Hall–Kier alpha value is -2.15. The molecule has 2 aromatic rings. The van der Waals surface area contributed by atoms with Crippen LogP contribution < -0.4 is 5.32 Å². The highest BCUT2D eigenvalue weighted by atomic mass is 32.2. The van der Waals surface area contributed by atoms with Gasteiger partial charge in [0.25, 0.3) is 5.91 Å². The minimum Gasteiger partial charge on any atom is -0.322 e. The van der Waals surface area contributed by atoms with Crippen molar-refractivity contribution in [2.24, 2.45) is 0 Å². The van der Waals surface area contributed by atoms with Gasteiger partial charge in [-0.3, -0.25) is 9.00 Å². The minimum absolute atomic E-state index is 0.0642. The molecule has 1 unspecified atom stereocenters. The van der Waals surface area contributed by atoms with Crippen LogP contribution >= 0.6 is 0 Å². The Morgan fingerprint density at radius 1 is 1.13 bits per heavy atom. The van der Waals surface area contributed by atoms with Gasteiger partial charge in [-0.15, -0.1) is 0 Å². The number of carbonyl (C=O) groups is 1. The average Bonchev–Trinajstić information content (AvgIpc) is 2.46. The summed E-state index contributed by atoms with van der Waals surface area (Å²) in [5.74, 6) is -0.210. The van der Waals surface area contributed by atoms with E-state index in [1.807, 2.05) is 0 Å². The van der Waals surface area contributed by atoms with Gasteiger partial charge < -0.3 is 5.32 Å². The topological polar surface area (TPSA) is 46.2 Å². The van der Waals surface area contributed by atoms with Gasteiger partial charge in [-0.1, -0.05) is 18.2 Å². The number of alkyl halides is 3. The predicted octanol–water partition coefficient (Wildman–Crippen LogP) is 3.84. The van der Waals surface area contributed by atoms with Crippen LogP contribution in [-0.2, 0) is 22.7 Å². The van der Waals surface area contributed by atoms with Crippen molar-refractivity contribution in [2.45, 2.75) is 11.9 Å². The van der Waals surface area contributed by atoms with E-state index >= 15 is 0 Å². The largest absolute Gasteiger partial charge is 0.416 e. The van der Waals surface area contributed by atoms with Crippen molar-refractivity contribution in [3.63, 3.8) is 0 Å². The number of anilines is 1. The number of nitrogens with one attached hydrogen (secondary N) is 1. The molecule has 3 nitrogen and oxygen atoms in total. The molecular weight excluding hydrogens is 327 g/mol. The third-order valence-electron chi connectivity index (χ3n) is 3.01. The van der Waals surface area contributed by atoms with Crippen molar-refractivity contribution in [1.82, 2.24) is 0 Å². The maximum absolute atomic E-state index is 12.7. The molecule has 0 heterocycles. The molecule has 0 fully saturated rings. The molecular formula is C16H14F3NO2S. The summed E-state index contributed by atoms with van der Waals surface area (Å²) in [4.78, 5) is 12.1. The third kappa shape index (κ3) is 4.92. The Bertz CT molecular complexity index is 744. The van der Waals surface area contributed by atoms with Crippen molar-refractivity contribution in [1.29, 1.82) is 0 Å². The number of carbonyl (C=O) groups excluding carboxylic acids is 1. The first-order valence-electron chi connectivity index (χ1n) is 6.63. The first kappa shape index (κ1) is 17.2. The van der Waals surface area contributed by atoms with Crippen LogP contribution in [0, 0.1) is 0 Å². The van der Waals surface area contributed by atoms with E-state index in [1.54, 1.807) is 30.5 Å². The first-order valence-corrected chi connectivity index (χ1v) is 8.36. The van der Waals surface area contributed by atoms with E-state index in [1.165, 1.54) is 12.1 Å². The summed E-state index contributed by atoms with van der Waals surface area (Å²) in [7, 11) is -1.05. The summed E-state index contributed by atoms with van der Waals surface area (Å²) in [6.45, 7) is 0. The molecule has 0 saturated carbocycles. The van der Waals surface area contributed by atoms with Crippen LogP contribution in [-0.4, -0.2) is 16.4 Å². The van der Waals surface area contributed by atoms with Crippen LogP contribution in [0.4, 0.5) is 18.9 Å². The van der Waals surface area contributed by atoms with Crippen molar-refractivity contribution >= 4 is 22.4 Å². The molecule has 0 aliphatic rings. The highest BCUT2D eigenvalue weighted by Crippen LogP contribution is 2.30. The van der Waals surface area contributed by atoms with Gasteiger partial charge in [0.05, 0.1) is 5.56 Å². The van der Waals surface area contributed by atoms with Crippen LogP contribution in [0.25, 0.3) is 0 Å². The lowest BCUT2D eigenvalue weighted by Gasteiger charge is -2.10. The molecule has 2 rings (SSSR count). The van der Waals surface area contributed by atoms with E-state index in [0.29, 0.717) is 11.3 Å². The SMILES string of the molecule is CS(=O)Cc1cccc(C(=O)Nc2cccc(C(F)(F)F)c2)c1. The Labute approximate surface area is 134 Å². The smallest absolute Gasteiger partial charge is 0.322 e. The van der Waals surface area contributed by atoms with E-state index in [9.17, 15) is 22.2 Å². The van der Waals surface area contributed by atoms with Crippen LogP contribution in [0.5, 0.6) is 0 Å². The lowest BCUT2D eigenvalue weighted by Crippen LogP contribution is -2.13. The van der Waals surface area contributed by atoms with E-state index in [4.69, 9.17) is 0 Å². The summed E-state index contributed by atoms with van der Waals surface area (Å²) < 4.78 is 49.2. The number of amides is 1. The molecule has 7 heteroatoms. The zero-order valence-electron chi connectivity index (χ0n) is 12.2. The zero-order valence-corrected chi connectivity index (χ0v) is 13.0. The van der Waals surface area contributed by atoms with Crippen LogP contribution in [0.1, 0.15) is 21.5 Å². The van der Waals surface area contributed by atoms with Gasteiger partial charge in [0.2, 0.25) is 0 Å². The molecule has 0 saturated heterocycles. The Balaban J connectivity index is 2.18. The van der Waals surface area contributed by atoms with Crippen molar-refractivity contribution < 1.29 is 22.2 Å². The fraction of sp³-hybridized carbons (Fsp3) is 0.188. The van der Waals surface area contributed by atoms with Crippen LogP contribution in [0.15, 0.2) is 48.5 Å². The summed E-state index contributed by atoms with van der Waals surface area (Å²) in [6.07, 6.45) is -2.92. The third-order valence-corrected chi connectivity index (χ3v) is 3.75. The number of hydrogen-bond acceptors (Lipinski definition) is 2. The number of halogens is 3. The highest BCUT2D eigenvalue weighted by molar-refractivity contribution is 7.83. The maximum atomic E-state index is 12.7. The fourth-order valence-electron chi connectivity index (χ4n) is 2.01. The average molecular weight is 341 g/mol. The quantitative estimate of drug-likeness (QED) is 0.918. The molecule has 0 spiro atoms. The van der Waals surface area contributed by atoms with Gasteiger partial charge in [0.15, 0.2) is 0 Å². The normalized spacial score (nSPS) is 12.7. The van der Waals surface area contributed by atoms with Gasteiger partial charge in [-0.2, -0.15) is 13.2 Å². The lowest BCUT2D eigenvalue weighted by atomic mass is 10.1. The molecule has 0 aromatic heterocycles. The van der Waals surface area contributed by atoms with Gasteiger partial charge in [-0.05, 0) is 35.9 Å². The minimum atomic E-state index is -4.47. The standard InChI is InChI=1S/C16H14F3NO2S/c1-23(22)10-11-4-2-5-12(8-11)15(21)20-14-7-3-6-13(9-14)16(17,18)19/h2-9H,10H2,1H3,(H,20,21). The highest BCUT2D eigenvalue weighted by Gasteiger charge is 2.30. The van der Waals surface area contributed by atoms with Crippen LogP contribution in [0.3, 0.4) is 0 Å². The second kappa shape index (κ2) is 6.95. The van der Waals surface area contributed by atoms with Crippen LogP contribution in [0.2, 0.25) is 0 Å². The summed E-state index contributed by atoms with van der Waals surface area (Å²) in [5.41, 5.74) is 0.257. The second-order valence-corrected chi connectivity index (χ2v) is 6.39. The zero-order chi connectivity index (χ0) is 17.0. The first-order chi connectivity index (χ1) is 10.8. The number of benzene rings is 2. The van der Waals surface area contributed by atoms with Crippen molar-refractivity contribution in [2.75, 3.05) is 11.6 Å². The molecule has 0 radical (unpaired) electrons. The summed E-state index contributed by atoms with van der Waals surface area (Å²) in [5, 5.41) is 2.44. The molecule has 0 aliphatic heterocycles. The van der Waals surface area contributed by atoms with E-state index in [-0.39, 0.29) is 5.69 Å². The lowest BCUT2D eigenvalue weighted by molar-refractivity contribution is -0.137. The molecule has 1 amide bonds. The monoisotopic (exact) mass is 341 g/mol. The second-order valence-electron chi connectivity index (χ2n) is 4.95. The van der Waals surface area contributed by atoms with Gasteiger partial charge in [-0.25, -0.2) is 0 Å². The molecule has 23 heavy (non-hydrogen) atoms. The molecule has 0 bridgehead atoms. The Morgan fingerprint density at radius 3 is 2.48 bits per heavy atom. The van der Waals surface area contributed by atoms with E-state index in [0.717, 1.165) is 17.7 Å². The Kier molecular flexibility index (Phi) is 5.20. The number of hydrogen-bond donors (Lipinski definition) is 1. The fourth-order valence-corrected chi connectivity index (χ4v) is 2.66. The number of rotatable bonds is 4. The van der Waals surface area contributed by atoms with Gasteiger partial charge in [0, 0.05) is 34.1 Å². The molecule has 1 N–H and O–H groups in total. The summed E-state index contributed by atoms with van der Waals surface area (Å²) >= 11 is 0. The molecule has 2 aromatic carbocycles. The van der Waals surface area contributed by atoms with Crippen molar-refractivity contribution in [3.8, 4) is 0 Å². The van der Waals surface area contributed by atoms with Crippen molar-refractivity contribution in [3.05, 3.63) is 65.2 Å². The molecule has 1 atom stereocenters. The van der Waals surface area contributed by atoms with E-state index < -0.39 is 28.4 Å². The molecule has 0 aliphatic carbocycles. The molecule has 122 valence electrons. The maximum Gasteiger partial charge on any atom is 0.416 e. The predicted molar refractivity (Wildman–Crippen MR) is 83.6 cm³/mol. The van der Waals surface area contributed by atoms with E-state index in [2.05, 4.69) is 5.32 Å². The summed E-state index contributed by atoms with van der Waals surface area (Å²) in [6, 6.07) is 10.9.